The first kappa shape index (κ1) is 13.7. The lowest BCUT2D eigenvalue weighted by atomic mass is 10.1. The molecule has 0 aliphatic carbocycles. The summed E-state index contributed by atoms with van der Waals surface area (Å²) in [5.41, 5.74) is 6.69. The second-order valence-corrected chi connectivity index (χ2v) is 4.30. The highest BCUT2D eigenvalue weighted by Gasteiger charge is 2.06. The van der Waals surface area contributed by atoms with E-state index in [-0.39, 0.29) is 18.1 Å². The van der Waals surface area contributed by atoms with E-state index < -0.39 is 5.91 Å². The van der Waals surface area contributed by atoms with Gasteiger partial charge in [-0.15, -0.1) is 0 Å². The van der Waals surface area contributed by atoms with Crippen molar-refractivity contribution < 1.29 is 14.0 Å². The van der Waals surface area contributed by atoms with Crippen LogP contribution in [0.4, 0.5) is 10.1 Å². The van der Waals surface area contributed by atoms with Crippen LogP contribution in [0.5, 0.6) is 0 Å². The molecule has 5 heteroatoms. The molecule has 3 N–H and O–H groups in total. The van der Waals surface area contributed by atoms with Gasteiger partial charge < -0.3 is 11.1 Å². The highest BCUT2D eigenvalue weighted by atomic mass is 19.1. The first-order valence-electron chi connectivity index (χ1n) is 5.99. The number of amides is 2. The lowest BCUT2D eigenvalue weighted by molar-refractivity contribution is -0.115. The van der Waals surface area contributed by atoms with Crippen molar-refractivity contribution >= 4 is 17.5 Å². The van der Waals surface area contributed by atoms with Crippen LogP contribution >= 0.6 is 0 Å². The summed E-state index contributed by atoms with van der Waals surface area (Å²) >= 11 is 0. The van der Waals surface area contributed by atoms with Crippen molar-refractivity contribution in [3.05, 3.63) is 65.5 Å². The highest BCUT2D eigenvalue weighted by molar-refractivity contribution is 5.96. The minimum Gasteiger partial charge on any atom is -0.366 e. The number of nitrogens with two attached hydrogens (primary N) is 1. The maximum absolute atomic E-state index is 12.7. The first-order valence-corrected chi connectivity index (χ1v) is 5.99. The average Bonchev–Trinajstić information content (AvgIpc) is 2.41. The monoisotopic (exact) mass is 272 g/mol. The minimum atomic E-state index is -0.556. The van der Waals surface area contributed by atoms with Crippen molar-refractivity contribution in [1.82, 2.24) is 0 Å². The van der Waals surface area contributed by atoms with Crippen LogP contribution in [-0.4, -0.2) is 11.8 Å². The molecule has 2 aromatic carbocycles. The van der Waals surface area contributed by atoms with E-state index >= 15 is 0 Å². The Morgan fingerprint density at radius 1 is 1.10 bits per heavy atom. The lowest BCUT2D eigenvalue weighted by Gasteiger charge is -2.06. The second kappa shape index (κ2) is 5.97. The van der Waals surface area contributed by atoms with E-state index in [2.05, 4.69) is 5.32 Å². The fourth-order valence-corrected chi connectivity index (χ4v) is 1.74. The summed E-state index contributed by atoms with van der Waals surface area (Å²) < 4.78 is 12.7. The number of benzene rings is 2. The Hall–Kier alpha value is -2.69. The zero-order valence-electron chi connectivity index (χ0n) is 10.6. The summed E-state index contributed by atoms with van der Waals surface area (Å²) in [6.07, 6.45) is 0.126. The van der Waals surface area contributed by atoms with Crippen molar-refractivity contribution in [2.75, 3.05) is 5.32 Å². The van der Waals surface area contributed by atoms with Crippen LogP contribution in [0.1, 0.15) is 15.9 Å². The zero-order chi connectivity index (χ0) is 14.5. The third-order valence-electron chi connectivity index (χ3n) is 2.71. The van der Waals surface area contributed by atoms with Crippen LogP contribution in [-0.2, 0) is 11.2 Å². The van der Waals surface area contributed by atoms with Gasteiger partial charge in [-0.05, 0) is 35.9 Å². The van der Waals surface area contributed by atoms with Gasteiger partial charge in [-0.25, -0.2) is 4.39 Å². The number of hydrogen-bond donors (Lipinski definition) is 2. The molecule has 2 amide bonds. The van der Waals surface area contributed by atoms with Crippen LogP contribution in [0.25, 0.3) is 0 Å². The zero-order valence-corrected chi connectivity index (χ0v) is 10.6. The lowest BCUT2D eigenvalue weighted by Crippen LogP contribution is -2.16. The molecule has 0 aliphatic heterocycles. The van der Waals surface area contributed by atoms with E-state index in [4.69, 9.17) is 5.73 Å². The van der Waals surface area contributed by atoms with Crippen LogP contribution in [0.3, 0.4) is 0 Å². The molecule has 0 heterocycles. The predicted octanol–water partition coefficient (Wildman–Crippen LogP) is 2.11. The predicted molar refractivity (Wildman–Crippen MR) is 73.7 cm³/mol. The Bertz CT molecular complexity index is 639. The quantitative estimate of drug-likeness (QED) is 0.894. The second-order valence-electron chi connectivity index (χ2n) is 4.30. The molecule has 102 valence electrons. The van der Waals surface area contributed by atoms with Crippen LogP contribution < -0.4 is 11.1 Å². The summed E-state index contributed by atoms with van der Waals surface area (Å²) in [7, 11) is 0. The van der Waals surface area contributed by atoms with Gasteiger partial charge in [-0.3, -0.25) is 9.59 Å². The number of rotatable bonds is 4. The van der Waals surface area contributed by atoms with Crippen LogP contribution in [0.2, 0.25) is 0 Å². The van der Waals surface area contributed by atoms with Gasteiger partial charge in [0.2, 0.25) is 11.8 Å². The van der Waals surface area contributed by atoms with Gasteiger partial charge in [-0.1, -0.05) is 18.2 Å². The molecule has 0 saturated heterocycles. The van der Waals surface area contributed by atoms with Gasteiger partial charge in [0.25, 0.3) is 0 Å². The summed E-state index contributed by atoms with van der Waals surface area (Å²) in [6.45, 7) is 0. The number of anilines is 1. The number of primary amides is 1. The largest absolute Gasteiger partial charge is 0.366 e. The standard InChI is InChI=1S/C15H13FN2O2/c16-12-6-4-10(5-7-12)8-14(19)18-13-3-1-2-11(9-13)15(17)20/h1-7,9H,8H2,(H2,17,20)(H,18,19). The van der Waals surface area contributed by atoms with Gasteiger partial charge in [0.05, 0.1) is 6.42 Å². The molecule has 0 spiro atoms. The van der Waals surface area contributed by atoms with Crippen molar-refractivity contribution in [1.29, 1.82) is 0 Å². The molecule has 0 saturated carbocycles. The minimum absolute atomic E-state index is 0.126. The van der Waals surface area contributed by atoms with Gasteiger partial charge in [0.1, 0.15) is 5.82 Å². The molecule has 2 rings (SSSR count). The molecular weight excluding hydrogens is 259 g/mol. The molecule has 0 atom stereocenters. The highest BCUT2D eigenvalue weighted by Crippen LogP contribution is 2.11. The van der Waals surface area contributed by atoms with Gasteiger partial charge in [0.15, 0.2) is 0 Å². The SMILES string of the molecule is NC(=O)c1cccc(NC(=O)Cc2ccc(F)cc2)c1. The maximum Gasteiger partial charge on any atom is 0.248 e. The maximum atomic E-state index is 12.7. The Morgan fingerprint density at radius 3 is 2.45 bits per heavy atom. The number of nitrogens with one attached hydrogen (secondary N) is 1. The molecule has 0 aliphatic rings. The Balaban J connectivity index is 2.02. The molecule has 0 aromatic heterocycles. The summed E-state index contributed by atoms with van der Waals surface area (Å²) in [5, 5.41) is 2.66. The van der Waals surface area contributed by atoms with Crippen molar-refractivity contribution in [3.8, 4) is 0 Å². The van der Waals surface area contributed by atoms with Crippen molar-refractivity contribution in [3.63, 3.8) is 0 Å². The van der Waals surface area contributed by atoms with Gasteiger partial charge in [0, 0.05) is 11.3 Å². The number of hydrogen-bond acceptors (Lipinski definition) is 2. The van der Waals surface area contributed by atoms with Crippen molar-refractivity contribution in [2.45, 2.75) is 6.42 Å². The Morgan fingerprint density at radius 2 is 1.80 bits per heavy atom. The molecule has 2 aromatic rings. The fourth-order valence-electron chi connectivity index (χ4n) is 1.74. The normalized spacial score (nSPS) is 10.1. The summed E-state index contributed by atoms with van der Waals surface area (Å²) in [6, 6.07) is 12.1. The fraction of sp³-hybridized carbons (Fsp3) is 0.0667. The van der Waals surface area contributed by atoms with Crippen molar-refractivity contribution in [2.24, 2.45) is 5.73 Å². The molecule has 0 bridgehead atoms. The smallest absolute Gasteiger partial charge is 0.248 e. The molecule has 0 unspecified atom stereocenters. The number of halogens is 1. The van der Waals surface area contributed by atoms with Crippen LogP contribution in [0, 0.1) is 5.82 Å². The third kappa shape index (κ3) is 3.65. The summed E-state index contributed by atoms with van der Waals surface area (Å²) in [5.74, 6) is -1.15. The van der Waals surface area contributed by atoms with E-state index in [0.717, 1.165) is 0 Å². The molecular formula is C15H13FN2O2. The topological polar surface area (TPSA) is 72.2 Å². The summed E-state index contributed by atoms with van der Waals surface area (Å²) in [4.78, 5) is 22.9. The van der Waals surface area contributed by atoms with Crippen LogP contribution in [0.15, 0.2) is 48.5 Å². The molecule has 4 nitrogen and oxygen atoms in total. The molecule has 0 radical (unpaired) electrons. The first-order chi connectivity index (χ1) is 9.54. The van der Waals surface area contributed by atoms with E-state index in [1.807, 2.05) is 0 Å². The Kier molecular flexibility index (Phi) is 4.10. The third-order valence-corrected chi connectivity index (χ3v) is 2.71. The van der Waals surface area contributed by atoms with E-state index in [0.29, 0.717) is 16.8 Å². The Labute approximate surface area is 115 Å². The van der Waals surface area contributed by atoms with Gasteiger partial charge >= 0.3 is 0 Å². The van der Waals surface area contributed by atoms with Gasteiger partial charge in [-0.2, -0.15) is 0 Å². The number of carbonyl (C=O) groups is 2. The number of carbonyl (C=O) groups excluding carboxylic acids is 2. The van der Waals surface area contributed by atoms with E-state index in [1.54, 1.807) is 30.3 Å². The van der Waals surface area contributed by atoms with E-state index in [1.165, 1.54) is 18.2 Å². The average molecular weight is 272 g/mol. The molecule has 0 fully saturated rings. The van der Waals surface area contributed by atoms with E-state index in [9.17, 15) is 14.0 Å². The molecule has 20 heavy (non-hydrogen) atoms.